The molecule has 174 valence electrons. The standard InChI is InChI=1S/C25H16F6N2O/c26-24(27,28)19-10-4-8-17(12-19)21-14-32-23(33(21)15-16-6-2-1-3-7-16)22(34)18-9-5-11-20(13-18)25(29,30)31/h1-14H,15H2. The van der Waals surface area contributed by atoms with Crippen molar-refractivity contribution in [3.05, 3.63) is 113 Å². The SMILES string of the molecule is O=C(c1cccc(C(F)(F)F)c1)c1ncc(-c2cccc(C(F)(F)F)c2)n1Cc1ccccc1. The van der Waals surface area contributed by atoms with Gasteiger partial charge in [0.25, 0.3) is 0 Å². The minimum absolute atomic E-state index is 0.0758. The normalized spacial score (nSPS) is 12.1. The van der Waals surface area contributed by atoms with E-state index in [1.807, 2.05) is 0 Å². The van der Waals surface area contributed by atoms with Crippen molar-refractivity contribution in [2.45, 2.75) is 18.9 Å². The summed E-state index contributed by atoms with van der Waals surface area (Å²) in [6.07, 6.45) is -7.96. The highest BCUT2D eigenvalue weighted by Crippen LogP contribution is 2.33. The van der Waals surface area contributed by atoms with E-state index >= 15 is 0 Å². The van der Waals surface area contributed by atoms with Crippen LogP contribution in [0.5, 0.6) is 0 Å². The summed E-state index contributed by atoms with van der Waals surface area (Å²) < 4.78 is 80.6. The molecule has 0 N–H and O–H groups in total. The molecule has 34 heavy (non-hydrogen) atoms. The summed E-state index contributed by atoms with van der Waals surface area (Å²) in [6.45, 7) is 0.0758. The van der Waals surface area contributed by atoms with Crippen molar-refractivity contribution in [2.24, 2.45) is 0 Å². The molecule has 3 aromatic carbocycles. The number of carbonyl (C=O) groups excluding carboxylic acids is 1. The number of rotatable bonds is 5. The number of benzene rings is 3. The quantitative estimate of drug-likeness (QED) is 0.234. The Kier molecular flexibility index (Phi) is 6.03. The Morgan fingerprint density at radius 2 is 1.38 bits per heavy atom. The fourth-order valence-electron chi connectivity index (χ4n) is 3.53. The molecule has 3 nitrogen and oxygen atoms in total. The van der Waals surface area contributed by atoms with Gasteiger partial charge in [-0.25, -0.2) is 4.98 Å². The molecule has 0 unspecified atom stereocenters. The highest BCUT2D eigenvalue weighted by atomic mass is 19.4. The van der Waals surface area contributed by atoms with Crippen LogP contribution in [0.25, 0.3) is 11.3 Å². The van der Waals surface area contributed by atoms with E-state index in [4.69, 9.17) is 0 Å². The molecule has 0 radical (unpaired) electrons. The van der Waals surface area contributed by atoms with Crippen LogP contribution in [0.4, 0.5) is 26.3 Å². The third-order valence-corrected chi connectivity index (χ3v) is 5.18. The summed E-state index contributed by atoms with van der Waals surface area (Å²) in [5, 5.41) is 0. The molecule has 0 saturated heterocycles. The predicted octanol–water partition coefficient (Wildman–Crippen LogP) is 6.87. The second-order valence-corrected chi connectivity index (χ2v) is 7.53. The van der Waals surface area contributed by atoms with Crippen LogP contribution in [0.3, 0.4) is 0 Å². The number of carbonyl (C=O) groups is 1. The zero-order valence-corrected chi connectivity index (χ0v) is 17.4. The highest BCUT2D eigenvalue weighted by Gasteiger charge is 2.32. The maximum absolute atomic E-state index is 13.3. The van der Waals surface area contributed by atoms with Crippen LogP contribution >= 0.6 is 0 Å². The van der Waals surface area contributed by atoms with Gasteiger partial charge < -0.3 is 4.57 Å². The van der Waals surface area contributed by atoms with Gasteiger partial charge in [0.15, 0.2) is 5.82 Å². The van der Waals surface area contributed by atoms with Crippen LogP contribution in [-0.2, 0) is 18.9 Å². The Bertz CT molecular complexity index is 1320. The highest BCUT2D eigenvalue weighted by molar-refractivity contribution is 6.07. The molecule has 0 saturated carbocycles. The van der Waals surface area contributed by atoms with Crippen molar-refractivity contribution in [2.75, 3.05) is 0 Å². The molecular weight excluding hydrogens is 458 g/mol. The van der Waals surface area contributed by atoms with E-state index in [1.54, 1.807) is 30.3 Å². The molecule has 9 heteroatoms. The predicted molar refractivity (Wildman–Crippen MR) is 113 cm³/mol. The van der Waals surface area contributed by atoms with Gasteiger partial charge in [0.2, 0.25) is 5.78 Å². The number of alkyl halides is 6. The Morgan fingerprint density at radius 1 is 0.765 bits per heavy atom. The first kappa shape index (κ1) is 23.3. The van der Waals surface area contributed by atoms with E-state index in [1.165, 1.54) is 29.0 Å². The number of ketones is 1. The molecule has 0 aliphatic carbocycles. The van der Waals surface area contributed by atoms with Crippen LogP contribution in [0.1, 0.15) is 32.9 Å². The molecule has 0 spiro atoms. The smallest absolute Gasteiger partial charge is 0.317 e. The van der Waals surface area contributed by atoms with Gasteiger partial charge in [-0.1, -0.05) is 54.6 Å². The second kappa shape index (κ2) is 8.81. The Balaban J connectivity index is 1.83. The summed E-state index contributed by atoms with van der Waals surface area (Å²) >= 11 is 0. The fraction of sp³-hybridized carbons (Fsp3) is 0.120. The lowest BCUT2D eigenvalue weighted by Gasteiger charge is -2.14. The molecule has 0 aliphatic heterocycles. The van der Waals surface area contributed by atoms with Gasteiger partial charge in [-0.15, -0.1) is 0 Å². The lowest BCUT2D eigenvalue weighted by molar-refractivity contribution is -0.138. The first-order chi connectivity index (χ1) is 16.0. The maximum atomic E-state index is 13.3. The molecule has 1 heterocycles. The number of imidazole rings is 1. The molecule has 0 bridgehead atoms. The van der Waals surface area contributed by atoms with E-state index in [0.717, 1.165) is 35.9 Å². The Hall–Kier alpha value is -3.88. The molecule has 1 aromatic heterocycles. The third-order valence-electron chi connectivity index (χ3n) is 5.18. The van der Waals surface area contributed by atoms with E-state index in [2.05, 4.69) is 4.98 Å². The van der Waals surface area contributed by atoms with Crippen molar-refractivity contribution in [3.63, 3.8) is 0 Å². The average Bonchev–Trinajstić information content (AvgIpc) is 3.21. The van der Waals surface area contributed by atoms with Gasteiger partial charge in [0.05, 0.1) is 23.0 Å². The number of halogens is 6. The molecule has 4 aromatic rings. The Morgan fingerprint density at radius 3 is 2.03 bits per heavy atom. The first-order valence-electron chi connectivity index (χ1n) is 10.0. The molecule has 0 amide bonds. The van der Waals surface area contributed by atoms with Crippen LogP contribution in [0.2, 0.25) is 0 Å². The summed E-state index contributed by atoms with van der Waals surface area (Å²) in [7, 11) is 0. The van der Waals surface area contributed by atoms with Crippen molar-refractivity contribution in [3.8, 4) is 11.3 Å². The second-order valence-electron chi connectivity index (χ2n) is 7.53. The number of aromatic nitrogens is 2. The van der Waals surface area contributed by atoms with Gasteiger partial charge in [-0.3, -0.25) is 4.79 Å². The fourth-order valence-corrected chi connectivity index (χ4v) is 3.53. The van der Waals surface area contributed by atoms with E-state index < -0.39 is 29.3 Å². The largest absolute Gasteiger partial charge is 0.416 e. The zero-order valence-electron chi connectivity index (χ0n) is 17.4. The van der Waals surface area contributed by atoms with Gasteiger partial charge in [-0.2, -0.15) is 26.3 Å². The van der Waals surface area contributed by atoms with Crippen molar-refractivity contribution in [1.29, 1.82) is 0 Å². The van der Waals surface area contributed by atoms with E-state index in [0.29, 0.717) is 0 Å². The van der Waals surface area contributed by atoms with Crippen LogP contribution < -0.4 is 0 Å². The molecule has 4 rings (SSSR count). The topological polar surface area (TPSA) is 34.9 Å². The van der Waals surface area contributed by atoms with Crippen LogP contribution in [-0.4, -0.2) is 15.3 Å². The lowest BCUT2D eigenvalue weighted by Crippen LogP contribution is -2.15. The number of hydrogen-bond donors (Lipinski definition) is 0. The molecule has 0 atom stereocenters. The van der Waals surface area contributed by atoms with Crippen LogP contribution in [0.15, 0.2) is 85.1 Å². The van der Waals surface area contributed by atoms with Gasteiger partial charge in [0.1, 0.15) is 0 Å². The monoisotopic (exact) mass is 474 g/mol. The van der Waals surface area contributed by atoms with E-state index in [9.17, 15) is 31.1 Å². The number of hydrogen-bond acceptors (Lipinski definition) is 2. The van der Waals surface area contributed by atoms with Crippen molar-refractivity contribution < 1.29 is 31.1 Å². The van der Waals surface area contributed by atoms with Gasteiger partial charge in [-0.05, 0) is 29.8 Å². The first-order valence-corrected chi connectivity index (χ1v) is 10.0. The maximum Gasteiger partial charge on any atom is 0.416 e. The summed E-state index contributed by atoms with van der Waals surface area (Å²) in [5.41, 5.74) is -0.968. The summed E-state index contributed by atoms with van der Waals surface area (Å²) in [6, 6.07) is 17.3. The minimum atomic E-state index is -4.64. The molecular formula is C25H16F6N2O. The van der Waals surface area contributed by atoms with E-state index in [-0.39, 0.29) is 29.2 Å². The number of nitrogens with zero attached hydrogens (tertiary/aromatic N) is 2. The molecule has 0 aliphatic rings. The average molecular weight is 474 g/mol. The lowest BCUT2D eigenvalue weighted by atomic mass is 10.1. The minimum Gasteiger partial charge on any atom is -0.317 e. The van der Waals surface area contributed by atoms with Gasteiger partial charge in [0, 0.05) is 17.7 Å². The van der Waals surface area contributed by atoms with Crippen molar-refractivity contribution >= 4 is 5.78 Å². The summed E-state index contributed by atoms with van der Waals surface area (Å²) in [5.74, 6) is -0.962. The van der Waals surface area contributed by atoms with Crippen LogP contribution in [0, 0.1) is 0 Å². The molecule has 0 fully saturated rings. The van der Waals surface area contributed by atoms with Gasteiger partial charge >= 0.3 is 12.4 Å². The third kappa shape index (κ3) is 4.88. The summed E-state index contributed by atoms with van der Waals surface area (Å²) in [4.78, 5) is 17.3. The zero-order chi connectivity index (χ0) is 24.5. The Labute approximate surface area is 190 Å². The van der Waals surface area contributed by atoms with Crippen molar-refractivity contribution in [1.82, 2.24) is 9.55 Å².